The minimum Gasteiger partial charge on any atom is -0.407 e. The maximum atomic E-state index is 12.3. The molecule has 0 fully saturated rings. The quantitative estimate of drug-likeness (QED) is 0.733. The molecule has 0 unspecified atom stereocenters. The van der Waals surface area contributed by atoms with Gasteiger partial charge in [0.2, 0.25) is 5.89 Å². The smallest absolute Gasteiger partial charge is 0.322 e. The number of sulfone groups is 1. The lowest BCUT2D eigenvalue weighted by molar-refractivity contribution is 0.102. The molecule has 3 rings (SSSR count). The average molecular weight is 378 g/mol. The zero-order valence-electron chi connectivity index (χ0n) is 12.7. The molecule has 9 heteroatoms. The van der Waals surface area contributed by atoms with Crippen LogP contribution in [0.4, 0.5) is 6.01 Å². The highest BCUT2D eigenvalue weighted by molar-refractivity contribution is 7.90. The van der Waals surface area contributed by atoms with E-state index in [1.165, 1.54) is 24.3 Å². The highest BCUT2D eigenvalue weighted by atomic mass is 35.5. The van der Waals surface area contributed by atoms with E-state index in [-0.39, 0.29) is 16.8 Å². The van der Waals surface area contributed by atoms with Gasteiger partial charge in [0.1, 0.15) is 5.75 Å². The van der Waals surface area contributed by atoms with Gasteiger partial charge in [-0.05, 0) is 36.4 Å². The lowest BCUT2D eigenvalue weighted by atomic mass is 10.2. The lowest BCUT2D eigenvalue weighted by Gasteiger charge is -2.01. The van der Waals surface area contributed by atoms with E-state index >= 15 is 0 Å². The number of amides is 1. The van der Waals surface area contributed by atoms with E-state index < -0.39 is 21.5 Å². The highest BCUT2D eigenvalue weighted by Crippen LogP contribution is 2.17. The Bertz CT molecular complexity index is 986. The van der Waals surface area contributed by atoms with Gasteiger partial charge in [0, 0.05) is 10.6 Å². The van der Waals surface area contributed by atoms with Gasteiger partial charge < -0.3 is 4.42 Å². The summed E-state index contributed by atoms with van der Waals surface area (Å²) < 4.78 is 29.7. The van der Waals surface area contributed by atoms with Gasteiger partial charge in [-0.1, -0.05) is 34.9 Å². The summed E-state index contributed by atoms with van der Waals surface area (Å²) in [5.41, 5.74) is 0.348. The number of rotatable bonds is 5. The van der Waals surface area contributed by atoms with E-state index in [1.807, 2.05) is 0 Å². The summed E-state index contributed by atoms with van der Waals surface area (Å²) in [6.45, 7) is 0. The SMILES string of the molecule is O=C(Nc1nnc(CS(=O)(=O)c2ccccc2)o1)c1ccc(Cl)cc1. The van der Waals surface area contributed by atoms with Crippen LogP contribution >= 0.6 is 11.6 Å². The van der Waals surface area contributed by atoms with Crippen LogP contribution in [0.15, 0.2) is 63.9 Å². The van der Waals surface area contributed by atoms with Gasteiger partial charge >= 0.3 is 6.01 Å². The number of benzene rings is 2. The predicted octanol–water partition coefficient (Wildman–Crippen LogP) is 2.95. The van der Waals surface area contributed by atoms with E-state index in [4.69, 9.17) is 16.0 Å². The van der Waals surface area contributed by atoms with Crippen molar-refractivity contribution in [3.8, 4) is 0 Å². The summed E-state index contributed by atoms with van der Waals surface area (Å²) >= 11 is 5.76. The zero-order chi connectivity index (χ0) is 17.9. The van der Waals surface area contributed by atoms with Crippen LogP contribution in [0.25, 0.3) is 0 Å². The maximum Gasteiger partial charge on any atom is 0.322 e. The van der Waals surface area contributed by atoms with Gasteiger partial charge in [-0.2, -0.15) is 0 Å². The zero-order valence-corrected chi connectivity index (χ0v) is 14.3. The molecular formula is C16H12ClN3O4S. The Labute approximate surface area is 148 Å². The number of aromatic nitrogens is 2. The van der Waals surface area contributed by atoms with Crippen LogP contribution in [0.3, 0.4) is 0 Å². The molecule has 2 aromatic carbocycles. The topological polar surface area (TPSA) is 102 Å². The Morgan fingerprint density at radius 2 is 1.72 bits per heavy atom. The fraction of sp³-hybridized carbons (Fsp3) is 0.0625. The largest absolute Gasteiger partial charge is 0.407 e. The maximum absolute atomic E-state index is 12.3. The second kappa shape index (κ2) is 7.04. The molecule has 0 radical (unpaired) electrons. The molecule has 1 amide bonds. The normalized spacial score (nSPS) is 11.2. The Balaban J connectivity index is 1.70. The molecule has 3 aromatic rings. The first-order valence-electron chi connectivity index (χ1n) is 7.11. The number of carbonyl (C=O) groups is 1. The summed E-state index contributed by atoms with van der Waals surface area (Å²) in [5.74, 6) is -1.05. The molecule has 0 atom stereocenters. The molecule has 0 saturated heterocycles. The van der Waals surface area contributed by atoms with Crippen LogP contribution in [0.5, 0.6) is 0 Å². The van der Waals surface area contributed by atoms with Crippen LogP contribution in [-0.2, 0) is 15.6 Å². The van der Waals surface area contributed by atoms with E-state index in [2.05, 4.69) is 15.5 Å². The number of nitrogens with zero attached hydrogens (tertiary/aromatic N) is 2. The third-order valence-electron chi connectivity index (χ3n) is 3.21. The molecular weight excluding hydrogens is 366 g/mol. The third-order valence-corrected chi connectivity index (χ3v) is 5.08. The van der Waals surface area contributed by atoms with E-state index in [0.29, 0.717) is 10.6 Å². The molecule has 128 valence electrons. The molecule has 0 aliphatic rings. The summed E-state index contributed by atoms with van der Waals surface area (Å²) in [5, 5.41) is 10.2. The summed E-state index contributed by atoms with van der Waals surface area (Å²) in [6, 6.07) is 14.0. The second-order valence-corrected chi connectivity index (χ2v) is 7.46. The molecule has 7 nitrogen and oxygen atoms in total. The van der Waals surface area contributed by atoms with Gasteiger partial charge in [0.15, 0.2) is 9.84 Å². The molecule has 25 heavy (non-hydrogen) atoms. The van der Waals surface area contributed by atoms with Crippen LogP contribution < -0.4 is 5.32 Å². The van der Waals surface area contributed by atoms with Gasteiger partial charge in [-0.3, -0.25) is 10.1 Å². The van der Waals surface area contributed by atoms with Crippen molar-refractivity contribution >= 4 is 33.4 Å². The van der Waals surface area contributed by atoms with Gasteiger partial charge in [-0.25, -0.2) is 8.42 Å². The number of carbonyl (C=O) groups excluding carboxylic acids is 1. The molecule has 0 bridgehead atoms. The van der Waals surface area contributed by atoms with Crippen LogP contribution in [0.1, 0.15) is 16.2 Å². The van der Waals surface area contributed by atoms with Crippen molar-refractivity contribution in [2.75, 3.05) is 5.32 Å². The Morgan fingerprint density at radius 1 is 1.04 bits per heavy atom. The van der Waals surface area contributed by atoms with Crippen molar-refractivity contribution in [2.24, 2.45) is 0 Å². The lowest BCUT2D eigenvalue weighted by Crippen LogP contribution is -2.11. The fourth-order valence-electron chi connectivity index (χ4n) is 2.01. The molecule has 1 N–H and O–H groups in total. The van der Waals surface area contributed by atoms with Gasteiger partial charge in [0.05, 0.1) is 4.90 Å². The average Bonchev–Trinajstić information content (AvgIpc) is 3.02. The van der Waals surface area contributed by atoms with Gasteiger partial charge in [0.25, 0.3) is 5.91 Å². The number of anilines is 1. The van der Waals surface area contributed by atoms with Crippen molar-refractivity contribution in [1.29, 1.82) is 0 Å². The number of hydrogen-bond acceptors (Lipinski definition) is 6. The molecule has 1 heterocycles. The second-order valence-electron chi connectivity index (χ2n) is 5.03. The monoisotopic (exact) mass is 377 g/mol. The Hall–Kier alpha value is -2.71. The van der Waals surface area contributed by atoms with Crippen LogP contribution in [0.2, 0.25) is 5.02 Å². The highest BCUT2D eigenvalue weighted by Gasteiger charge is 2.20. The third kappa shape index (κ3) is 4.23. The van der Waals surface area contributed by atoms with E-state index in [9.17, 15) is 13.2 Å². The molecule has 1 aromatic heterocycles. The predicted molar refractivity (Wildman–Crippen MR) is 91.0 cm³/mol. The molecule has 0 spiro atoms. The Kier molecular flexibility index (Phi) is 4.82. The number of halogens is 1. The first-order valence-corrected chi connectivity index (χ1v) is 9.14. The fourth-order valence-corrected chi connectivity index (χ4v) is 3.31. The summed E-state index contributed by atoms with van der Waals surface area (Å²) in [7, 11) is -3.61. The van der Waals surface area contributed by atoms with E-state index in [0.717, 1.165) is 0 Å². The van der Waals surface area contributed by atoms with Crippen molar-refractivity contribution in [3.63, 3.8) is 0 Å². The first kappa shape index (κ1) is 17.1. The minimum atomic E-state index is -3.61. The van der Waals surface area contributed by atoms with E-state index in [1.54, 1.807) is 30.3 Å². The number of nitrogens with one attached hydrogen (secondary N) is 1. The van der Waals surface area contributed by atoms with Crippen molar-refractivity contribution in [3.05, 3.63) is 71.1 Å². The van der Waals surface area contributed by atoms with Gasteiger partial charge in [-0.15, -0.1) is 5.10 Å². The standard InChI is InChI=1S/C16H12ClN3O4S/c17-12-8-6-11(7-9-12)15(21)18-16-20-19-14(24-16)10-25(22,23)13-4-2-1-3-5-13/h1-9H,10H2,(H,18,20,21). The first-order chi connectivity index (χ1) is 11.9. The van der Waals surface area contributed by atoms with Crippen molar-refractivity contribution in [1.82, 2.24) is 10.2 Å². The van der Waals surface area contributed by atoms with Crippen LogP contribution in [0, 0.1) is 0 Å². The minimum absolute atomic E-state index is 0.116. The number of hydrogen-bond donors (Lipinski definition) is 1. The molecule has 0 aliphatic carbocycles. The molecule has 0 saturated carbocycles. The van der Waals surface area contributed by atoms with Crippen molar-refractivity contribution < 1.29 is 17.6 Å². The molecule has 0 aliphatic heterocycles. The Morgan fingerprint density at radius 3 is 2.40 bits per heavy atom. The van der Waals surface area contributed by atoms with Crippen molar-refractivity contribution in [2.45, 2.75) is 10.6 Å². The summed E-state index contributed by atoms with van der Waals surface area (Å²) in [4.78, 5) is 12.2. The van der Waals surface area contributed by atoms with Crippen LogP contribution in [-0.4, -0.2) is 24.5 Å². The summed E-state index contributed by atoms with van der Waals surface area (Å²) in [6.07, 6.45) is 0.